The molecular formula is C33H39FN4O5. The van der Waals surface area contributed by atoms with Gasteiger partial charge in [-0.3, -0.25) is 9.48 Å². The number of halogens is 1. The summed E-state index contributed by atoms with van der Waals surface area (Å²) < 4.78 is 35.4. The molecule has 3 heterocycles. The minimum Gasteiger partial charge on any atom is -0.497 e. The van der Waals surface area contributed by atoms with E-state index < -0.39 is 5.60 Å². The Hall–Kier alpha value is -4.34. The van der Waals surface area contributed by atoms with E-state index >= 15 is 4.39 Å². The van der Waals surface area contributed by atoms with Crippen LogP contribution in [0.25, 0.3) is 22.0 Å². The van der Waals surface area contributed by atoms with Crippen LogP contribution in [-0.2, 0) is 24.8 Å². The molecule has 228 valence electrons. The van der Waals surface area contributed by atoms with Gasteiger partial charge >= 0.3 is 6.09 Å². The molecule has 0 spiro atoms. The van der Waals surface area contributed by atoms with Gasteiger partial charge in [0.05, 0.1) is 27.0 Å². The number of rotatable bonds is 7. The Labute approximate surface area is 250 Å². The molecule has 9 nitrogen and oxygen atoms in total. The van der Waals surface area contributed by atoms with E-state index in [1.165, 1.54) is 17.7 Å². The number of nitrogens with zero attached hydrogens (tertiary/aromatic N) is 4. The highest BCUT2D eigenvalue weighted by Crippen LogP contribution is 2.36. The van der Waals surface area contributed by atoms with Gasteiger partial charge in [0.15, 0.2) is 0 Å². The lowest BCUT2D eigenvalue weighted by atomic mass is 9.88. The largest absolute Gasteiger partial charge is 0.497 e. The van der Waals surface area contributed by atoms with Gasteiger partial charge in [0.1, 0.15) is 28.4 Å². The van der Waals surface area contributed by atoms with Gasteiger partial charge in [-0.1, -0.05) is 12.1 Å². The number of hydrogen-bond acceptors (Lipinski definition) is 6. The van der Waals surface area contributed by atoms with Crippen molar-refractivity contribution in [1.82, 2.24) is 19.2 Å². The number of methoxy groups -OCH3 is 2. The Kier molecular flexibility index (Phi) is 8.48. The molecule has 2 aromatic heterocycles. The van der Waals surface area contributed by atoms with Crippen LogP contribution in [0.2, 0.25) is 0 Å². The Morgan fingerprint density at radius 2 is 1.77 bits per heavy atom. The molecule has 0 aliphatic carbocycles. The number of fused-ring (bicyclic) bond motifs is 1. The van der Waals surface area contributed by atoms with Gasteiger partial charge in [0.25, 0.3) is 5.56 Å². The summed E-state index contributed by atoms with van der Waals surface area (Å²) in [7, 11) is 4.83. The van der Waals surface area contributed by atoms with Crippen LogP contribution in [-0.4, -0.2) is 58.3 Å². The van der Waals surface area contributed by atoms with Crippen molar-refractivity contribution in [3.05, 3.63) is 76.1 Å². The number of ether oxygens (including phenoxy) is 3. The van der Waals surface area contributed by atoms with Crippen LogP contribution in [0.3, 0.4) is 0 Å². The number of benzene rings is 2. The van der Waals surface area contributed by atoms with Gasteiger partial charge in [0, 0.05) is 42.8 Å². The van der Waals surface area contributed by atoms with Crippen molar-refractivity contribution in [2.75, 3.05) is 27.3 Å². The van der Waals surface area contributed by atoms with E-state index in [9.17, 15) is 9.59 Å². The number of piperidine rings is 1. The number of aromatic nitrogens is 3. The monoisotopic (exact) mass is 590 g/mol. The van der Waals surface area contributed by atoms with Gasteiger partial charge in [-0.2, -0.15) is 5.10 Å². The number of carbonyl (C=O) groups is 1. The minimum atomic E-state index is -0.544. The Balaban J connectivity index is 1.40. The maximum absolute atomic E-state index is 15.8. The molecule has 0 saturated carbocycles. The SMILES string of the molecule is COc1ccc(Cn2ncc3c(-c4cc(F)c(CC5CCN(C(=O)OC(C)(C)C)CC5)c(OC)c4)cn(C)c(=O)c32)cc1. The first kappa shape index (κ1) is 30.1. The molecule has 1 fully saturated rings. The van der Waals surface area contributed by atoms with E-state index in [1.54, 1.807) is 36.1 Å². The van der Waals surface area contributed by atoms with Crippen molar-refractivity contribution in [2.24, 2.45) is 13.0 Å². The topological polar surface area (TPSA) is 87.8 Å². The van der Waals surface area contributed by atoms with E-state index in [4.69, 9.17) is 14.2 Å². The molecule has 4 aromatic rings. The summed E-state index contributed by atoms with van der Waals surface area (Å²) in [5, 5.41) is 5.17. The van der Waals surface area contributed by atoms with E-state index in [-0.39, 0.29) is 23.4 Å². The van der Waals surface area contributed by atoms with Crippen molar-refractivity contribution in [1.29, 1.82) is 0 Å². The minimum absolute atomic E-state index is 0.188. The second-order valence-electron chi connectivity index (χ2n) is 12.1. The molecule has 0 atom stereocenters. The van der Waals surface area contributed by atoms with E-state index in [0.29, 0.717) is 59.4 Å². The van der Waals surface area contributed by atoms with E-state index in [1.807, 2.05) is 51.1 Å². The molecular weight excluding hydrogens is 551 g/mol. The van der Waals surface area contributed by atoms with Crippen LogP contribution in [0.5, 0.6) is 11.5 Å². The maximum Gasteiger partial charge on any atom is 0.410 e. The number of aryl methyl sites for hydroxylation is 1. The quantitative estimate of drug-likeness (QED) is 0.271. The summed E-state index contributed by atoms with van der Waals surface area (Å²) in [5.41, 5.74) is 2.47. The predicted octanol–water partition coefficient (Wildman–Crippen LogP) is 5.80. The first-order chi connectivity index (χ1) is 20.5. The second-order valence-corrected chi connectivity index (χ2v) is 12.1. The molecule has 0 bridgehead atoms. The summed E-state index contributed by atoms with van der Waals surface area (Å²) in [6, 6.07) is 10.9. The number of amides is 1. The Morgan fingerprint density at radius 3 is 2.40 bits per heavy atom. The zero-order chi connectivity index (χ0) is 30.9. The van der Waals surface area contributed by atoms with Gasteiger partial charge < -0.3 is 23.7 Å². The molecule has 2 aromatic carbocycles. The van der Waals surface area contributed by atoms with Crippen LogP contribution < -0.4 is 15.0 Å². The lowest BCUT2D eigenvalue weighted by Crippen LogP contribution is -2.42. The van der Waals surface area contributed by atoms with Gasteiger partial charge in [-0.15, -0.1) is 0 Å². The molecule has 43 heavy (non-hydrogen) atoms. The average Bonchev–Trinajstić information content (AvgIpc) is 3.39. The highest BCUT2D eigenvalue weighted by molar-refractivity contribution is 5.94. The van der Waals surface area contributed by atoms with Crippen LogP contribution in [0.1, 0.15) is 44.7 Å². The summed E-state index contributed by atoms with van der Waals surface area (Å²) in [6.45, 7) is 7.09. The second kappa shape index (κ2) is 12.1. The highest BCUT2D eigenvalue weighted by atomic mass is 19.1. The van der Waals surface area contributed by atoms with Crippen molar-refractivity contribution >= 4 is 17.0 Å². The van der Waals surface area contributed by atoms with Crippen LogP contribution in [0, 0.1) is 11.7 Å². The standard InChI is InChI=1S/C33H39FN4O5/c1-33(2,3)43-32(40)37-13-11-21(12-14-37)15-25-28(34)16-23(17-29(25)42-6)27-20-36(4)31(39)30-26(27)18-35-38(30)19-22-7-9-24(41-5)10-8-22/h7-10,16-18,20-21H,11-15,19H2,1-6H3. The van der Waals surface area contributed by atoms with Gasteiger partial charge in [-0.05, 0) is 81.3 Å². The first-order valence-electron chi connectivity index (χ1n) is 14.5. The lowest BCUT2D eigenvalue weighted by molar-refractivity contribution is 0.0183. The van der Waals surface area contributed by atoms with Crippen molar-refractivity contribution in [3.63, 3.8) is 0 Å². The fourth-order valence-corrected chi connectivity index (χ4v) is 5.63. The van der Waals surface area contributed by atoms with E-state index in [2.05, 4.69) is 5.10 Å². The molecule has 1 aliphatic rings. The van der Waals surface area contributed by atoms with Gasteiger partial charge in [-0.25, -0.2) is 9.18 Å². The van der Waals surface area contributed by atoms with E-state index in [0.717, 1.165) is 24.2 Å². The average molecular weight is 591 g/mol. The number of carbonyl (C=O) groups excluding carboxylic acids is 1. The van der Waals surface area contributed by atoms with Crippen LogP contribution >= 0.6 is 0 Å². The summed E-state index contributed by atoms with van der Waals surface area (Å²) in [4.78, 5) is 27.4. The zero-order valence-corrected chi connectivity index (χ0v) is 25.6. The molecule has 1 aliphatic heterocycles. The van der Waals surface area contributed by atoms with Crippen molar-refractivity contribution in [2.45, 2.75) is 52.2 Å². The molecule has 10 heteroatoms. The highest BCUT2D eigenvalue weighted by Gasteiger charge is 2.28. The molecule has 0 N–H and O–H groups in total. The lowest BCUT2D eigenvalue weighted by Gasteiger charge is -2.33. The third-order valence-electron chi connectivity index (χ3n) is 7.91. The number of pyridine rings is 1. The van der Waals surface area contributed by atoms with Crippen LogP contribution in [0.15, 0.2) is 53.6 Å². The summed E-state index contributed by atoms with van der Waals surface area (Å²) >= 11 is 0. The normalized spacial score (nSPS) is 14.3. The smallest absolute Gasteiger partial charge is 0.410 e. The Bertz CT molecular complexity index is 1680. The van der Waals surface area contributed by atoms with Crippen molar-refractivity contribution < 1.29 is 23.4 Å². The van der Waals surface area contributed by atoms with Crippen LogP contribution in [0.4, 0.5) is 9.18 Å². The third-order valence-corrected chi connectivity index (χ3v) is 7.91. The first-order valence-corrected chi connectivity index (χ1v) is 14.5. The third kappa shape index (κ3) is 6.53. The summed E-state index contributed by atoms with van der Waals surface area (Å²) in [5.74, 6) is 1.04. The molecule has 0 unspecified atom stereocenters. The van der Waals surface area contributed by atoms with Gasteiger partial charge in [0.2, 0.25) is 0 Å². The predicted molar refractivity (Wildman–Crippen MR) is 163 cm³/mol. The fourth-order valence-electron chi connectivity index (χ4n) is 5.63. The fraction of sp³-hybridized carbons (Fsp3) is 0.424. The summed E-state index contributed by atoms with van der Waals surface area (Å²) in [6.07, 6.45) is 5.06. The molecule has 1 saturated heterocycles. The Morgan fingerprint density at radius 1 is 1.07 bits per heavy atom. The van der Waals surface area contributed by atoms with Crippen molar-refractivity contribution in [3.8, 4) is 22.6 Å². The molecule has 0 radical (unpaired) electrons. The molecule has 1 amide bonds. The zero-order valence-electron chi connectivity index (χ0n) is 25.6. The number of hydrogen-bond donors (Lipinski definition) is 0. The molecule has 5 rings (SSSR count). The number of likely N-dealkylation sites (tertiary alicyclic amines) is 1. The maximum atomic E-state index is 15.8.